The van der Waals surface area contributed by atoms with Crippen molar-refractivity contribution in [3.8, 4) is 0 Å². The van der Waals surface area contributed by atoms with Crippen LogP contribution in [0.15, 0.2) is 10.2 Å². The molecule has 0 N–H and O–H groups in total. The minimum atomic E-state index is -0.0196. The summed E-state index contributed by atoms with van der Waals surface area (Å²) >= 11 is 4.34. The zero-order valence-electron chi connectivity index (χ0n) is 8.38. The van der Waals surface area contributed by atoms with Gasteiger partial charge in [0.1, 0.15) is 0 Å². The van der Waals surface area contributed by atoms with E-state index in [0.29, 0.717) is 6.54 Å². The average molecular weight is 188 g/mol. The Morgan fingerprint density at radius 3 is 2.33 bits per heavy atom. The molecule has 0 radical (unpaired) electrons. The van der Waals surface area contributed by atoms with E-state index in [1.54, 1.807) is 0 Å². The van der Waals surface area contributed by atoms with Crippen LogP contribution in [-0.2, 0) is 0 Å². The van der Waals surface area contributed by atoms with Crippen LogP contribution in [0.5, 0.6) is 0 Å². The standard InChI is InChI=1S/C9H20N2S/c1-4-5-6-7-10-11-8-9(2,3)12/h12H,4-8H2,1-3H3/b11-10+. The molecule has 72 valence electrons. The first-order valence-corrected chi connectivity index (χ1v) is 5.06. The summed E-state index contributed by atoms with van der Waals surface area (Å²) in [5, 5.41) is 8.13. The molecule has 0 aromatic carbocycles. The van der Waals surface area contributed by atoms with Gasteiger partial charge < -0.3 is 0 Å². The normalized spacial score (nSPS) is 12.7. The van der Waals surface area contributed by atoms with Crippen molar-refractivity contribution >= 4 is 12.6 Å². The van der Waals surface area contributed by atoms with E-state index >= 15 is 0 Å². The van der Waals surface area contributed by atoms with Gasteiger partial charge in [-0.05, 0) is 20.3 Å². The van der Waals surface area contributed by atoms with E-state index in [-0.39, 0.29) is 4.75 Å². The van der Waals surface area contributed by atoms with Crippen LogP contribution in [0.3, 0.4) is 0 Å². The summed E-state index contributed by atoms with van der Waals surface area (Å²) in [5.74, 6) is 0. The molecule has 12 heavy (non-hydrogen) atoms. The van der Waals surface area contributed by atoms with Gasteiger partial charge in [-0.25, -0.2) is 0 Å². The summed E-state index contributed by atoms with van der Waals surface area (Å²) in [5.41, 5.74) is 0. The Hall–Kier alpha value is -0.0500. The smallest absolute Gasteiger partial charge is 0.0737 e. The molecule has 0 bridgehead atoms. The SMILES string of the molecule is CCCCC/N=N/CC(C)(C)S. The lowest BCUT2D eigenvalue weighted by atomic mass is 10.2. The minimum Gasteiger partial charge on any atom is -0.194 e. The predicted octanol–water partition coefficient (Wildman–Crippen LogP) is 3.34. The van der Waals surface area contributed by atoms with Gasteiger partial charge in [0, 0.05) is 4.75 Å². The van der Waals surface area contributed by atoms with Crippen molar-refractivity contribution in [2.75, 3.05) is 13.1 Å². The third-order valence-corrected chi connectivity index (χ3v) is 1.56. The Balaban J connectivity index is 3.26. The molecule has 0 heterocycles. The van der Waals surface area contributed by atoms with Crippen molar-refractivity contribution in [1.29, 1.82) is 0 Å². The van der Waals surface area contributed by atoms with E-state index in [1.165, 1.54) is 12.8 Å². The maximum absolute atomic E-state index is 4.34. The first kappa shape index (κ1) is 11.9. The molecule has 0 amide bonds. The van der Waals surface area contributed by atoms with Gasteiger partial charge in [0.05, 0.1) is 13.1 Å². The highest BCUT2D eigenvalue weighted by atomic mass is 32.1. The molecule has 0 aromatic rings. The van der Waals surface area contributed by atoms with Crippen LogP contribution in [0.4, 0.5) is 0 Å². The summed E-state index contributed by atoms with van der Waals surface area (Å²) in [7, 11) is 0. The topological polar surface area (TPSA) is 24.7 Å². The second-order valence-electron chi connectivity index (χ2n) is 3.68. The van der Waals surface area contributed by atoms with Crippen LogP contribution in [-0.4, -0.2) is 17.8 Å². The molecule has 0 atom stereocenters. The summed E-state index contributed by atoms with van der Waals surface area (Å²) in [6, 6.07) is 0. The molecule has 2 nitrogen and oxygen atoms in total. The van der Waals surface area contributed by atoms with Gasteiger partial charge in [0.2, 0.25) is 0 Å². The van der Waals surface area contributed by atoms with Crippen LogP contribution in [0, 0.1) is 0 Å². The number of hydrogen-bond donors (Lipinski definition) is 1. The zero-order chi connectivity index (χ0) is 9.45. The highest BCUT2D eigenvalue weighted by molar-refractivity contribution is 7.81. The quantitative estimate of drug-likeness (QED) is 0.376. The van der Waals surface area contributed by atoms with E-state index < -0.39 is 0 Å². The zero-order valence-corrected chi connectivity index (χ0v) is 9.27. The van der Waals surface area contributed by atoms with Crippen LogP contribution in [0.2, 0.25) is 0 Å². The van der Waals surface area contributed by atoms with Gasteiger partial charge >= 0.3 is 0 Å². The Morgan fingerprint density at radius 2 is 1.83 bits per heavy atom. The number of hydrogen-bond acceptors (Lipinski definition) is 3. The van der Waals surface area contributed by atoms with Crippen LogP contribution < -0.4 is 0 Å². The Kier molecular flexibility index (Phi) is 6.44. The third-order valence-electron chi connectivity index (χ3n) is 1.42. The fraction of sp³-hybridized carbons (Fsp3) is 1.00. The monoisotopic (exact) mass is 188 g/mol. The van der Waals surface area contributed by atoms with Gasteiger partial charge in [0.25, 0.3) is 0 Å². The number of thiol groups is 1. The Morgan fingerprint density at radius 1 is 1.17 bits per heavy atom. The summed E-state index contributed by atoms with van der Waals surface area (Å²) < 4.78 is -0.0196. The number of rotatable bonds is 6. The molecule has 0 aliphatic carbocycles. The van der Waals surface area contributed by atoms with Gasteiger partial charge in [-0.2, -0.15) is 22.9 Å². The summed E-state index contributed by atoms with van der Waals surface area (Å²) in [6.07, 6.45) is 3.66. The number of unbranched alkanes of at least 4 members (excludes halogenated alkanes) is 2. The molecule has 0 aliphatic rings. The predicted molar refractivity (Wildman–Crippen MR) is 57.2 cm³/mol. The minimum absolute atomic E-state index is 0.0196. The fourth-order valence-electron chi connectivity index (χ4n) is 0.726. The van der Waals surface area contributed by atoms with E-state index in [0.717, 1.165) is 13.0 Å². The summed E-state index contributed by atoms with van der Waals surface area (Å²) in [6.45, 7) is 7.86. The first-order valence-electron chi connectivity index (χ1n) is 4.62. The molecular formula is C9H20N2S. The van der Waals surface area contributed by atoms with Crippen molar-refractivity contribution in [1.82, 2.24) is 0 Å². The molecule has 0 aromatic heterocycles. The van der Waals surface area contributed by atoms with Crippen molar-refractivity contribution in [3.05, 3.63) is 0 Å². The van der Waals surface area contributed by atoms with Gasteiger partial charge in [0.15, 0.2) is 0 Å². The Labute approximate surface area is 81.3 Å². The maximum atomic E-state index is 4.34. The molecular weight excluding hydrogens is 168 g/mol. The van der Waals surface area contributed by atoms with E-state index in [2.05, 4.69) is 29.8 Å². The molecule has 3 heteroatoms. The lowest BCUT2D eigenvalue weighted by Gasteiger charge is -2.11. The third kappa shape index (κ3) is 9.95. The number of azo groups is 1. The van der Waals surface area contributed by atoms with Crippen LogP contribution >= 0.6 is 12.6 Å². The molecule has 0 aliphatic heterocycles. The van der Waals surface area contributed by atoms with Crippen molar-refractivity contribution < 1.29 is 0 Å². The van der Waals surface area contributed by atoms with Crippen LogP contribution in [0.25, 0.3) is 0 Å². The maximum Gasteiger partial charge on any atom is 0.0737 e. The molecule has 0 unspecified atom stereocenters. The Bertz CT molecular complexity index is 127. The van der Waals surface area contributed by atoms with E-state index in [9.17, 15) is 0 Å². The average Bonchev–Trinajstić information content (AvgIpc) is 1.94. The van der Waals surface area contributed by atoms with Crippen molar-refractivity contribution in [2.45, 2.75) is 44.8 Å². The molecule has 0 saturated carbocycles. The second-order valence-corrected chi connectivity index (χ2v) is 4.89. The van der Waals surface area contributed by atoms with Gasteiger partial charge in [-0.15, -0.1) is 0 Å². The molecule has 0 fully saturated rings. The molecule has 0 saturated heterocycles. The van der Waals surface area contributed by atoms with Gasteiger partial charge in [-0.1, -0.05) is 19.8 Å². The lowest BCUT2D eigenvalue weighted by molar-refractivity contribution is 0.662. The highest BCUT2D eigenvalue weighted by Crippen LogP contribution is 2.11. The largest absolute Gasteiger partial charge is 0.194 e. The van der Waals surface area contributed by atoms with Gasteiger partial charge in [-0.3, -0.25) is 0 Å². The van der Waals surface area contributed by atoms with E-state index in [1.807, 2.05) is 13.8 Å². The second kappa shape index (κ2) is 6.46. The van der Waals surface area contributed by atoms with E-state index in [4.69, 9.17) is 0 Å². The molecule has 0 rings (SSSR count). The highest BCUT2D eigenvalue weighted by Gasteiger charge is 2.08. The molecule has 0 spiro atoms. The van der Waals surface area contributed by atoms with Crippen molar-refractivity contribution in [2.24, 2.45) is 10.2 Å². The van der Waals surface area contributed by atoms with Crippen LogP contribution in [0.1, 0.15) is 40.0 Å². The first-order chi connectivity index (χ1) is 5.56. The number of nitrogens with zero attached hydrogens (tertiary/aromatic N) is 2. The fourth-order valence-corrected chi connectivity index (χ4v) is 0.790. The lowest BCUT2D eigenvalue weighted by Crippen LogP contribution is -2.14. The summed E-state index contributed by atoms with van der Waals surface area (Å²) in [4.78, 5) is 0. The van der Waals surface area contributed by atoms with Crippen molar-refractivity contribution in [3.63, 3.8) is 0 Å².